The van der Waals surface area contributed by atoms with Crippen LogP contribution in [0.2, 0.25) is 0 Å². The van der Waals surface area contributed by atoms with Crippen LogP contribution in [0.25, 0.3) is 10.8 Å². The molecule has 2 heterocycles. The number of fused-ring (bicyclic) bond motifs is 2. The molecule has 6 nitrogen and oxygen atoms in total. The maximum absolute atomic E-state index is 13.0. The number of ether oxygens (including phenoxy) is 1. The Morgan fingerprint density at radius 3 is 2.81 bits per heavy atom. The summed E-state index contributed by atoms with van der Waals surface area (Å²) in [6.07, 6.45) is 3.43. The van der Waals surface area contributed by atoms with E-state index in [-0.39, 0.29) is 18.4 Å². The number of hydrogen-bond donors (Lipinski definition) is 1. The van der Waals surface area contributed by atoms with Gasteiger partial charge in [-0.1, -0.05) is 24.3 Å². The molecule has 1 aromatic heterocycles. The molecule has 0 saturated heterocycles. The van der Waals surface area contributed by atoms with Crippen molar-refractivity contribution in [2.24, 2.45) is 0 Å². The lowest BCUT2D eigenvalue weighted by molar-refractivity contribution is -0.127. The van der Waals surface area contributed by atoms with E-state index in [1.807, 2.05) is 42.5 Å². The Balaban J connectivity index is 1.63. The minimum absolute atomic E-state index is 0.174. The average molecular weight is 361 g/mol. The number of pyridine rings is 1. The summed E-state index contributed by atoms with van der Waals surface area (Å²) in [6, 6.07) is 14.7. The van der Waals surface area contributed by atoms with Gasteiger partial charge in [-0.15, -0.1) is 0 Å². The van der Waals surface area contributed by atoms with Crippen molar-refractivity contribution < 1.29 is 14.3 Å². The SMILES string of the molecule is CC1(C)C(=O)Nc2ccccc2N1C(=O)COc1cccc2cnccc12. The molecule has 0 atom stereocenters. The second-order valence-electron chi connectivity index (χ2n) is 6.90. The van der Waals surface area contributed by atoms with Crippen molar-refractivity contribution in [2.75, 3.05) is 16.8 Å². The van der Waals surface area contributed by atoms with Crippen molar-refractivity contribution >= 4 is 34.0 Å². The summed E-state index contributed by atoms with van der Waals surface area (Å²) >= 11 is 0. The number of hydrogen-bond acceptors (Lipinski definition) is 4. The van der Waals surface area contributed by atoms with Crippen LogP contribution in [-0.2, 0) is 9.59 Å². The molecule has 0 aliphatic carbocycles. The van der Waals surface area contributed by atoms with E-state index in [9.17, 15) is 9.59 Å². The van der Waals surface area contributed by atoms with Crippen molar-refractivity contribution in [2.45, 2.75) is 19.4 Å². The van der Waals surface area contributed by atoms with E-state index in [4.69, 9.17) is 4.74 Å². The molecule has 4 rings (SSSR count). The fraction of sp³-hybridized carbons (Fsp3) is 0.190. The highest BCUT2D eigenvalue weighted by atomic mass is 16.5. The summed E-state index contributed by atoms with van der Waals surface area (Å²) in [6.45, 7) is 3.27. The number of nitrogens with one attached hydrogen (secondary N) is 1. The van der Waals surface area contributed by atoms with Gasteiger partial charge in [0.2, 0.25) is 5.91 Å². The van der Waals surface area contributed by atoms with Gasteiger partial charge in [0.25, 0.3) is 5.91 Å². The summed E-state index contributed by atoms with van der Waals surface area (Å²) in [5.41, 5.74) is 0.265. The number of rotatable bonds is 3. The minimum atomic E-state index is -1.02. The van der Waals surface area contributed by atoms with E-state index in [0.29, 0.717) is 17.1 Å². The summed E-state index contributed by atoms with van der Waals surface area (Å²) in [7, 11) is 0. The van der Waals surface area contributed by atoms with E-state index in [0.717, 1.165) is 10.8 Å². The van der Waals surface area contributed by atoms with Gasteiger partial charge in [-0.25, -0.2) is 0 Å². The van der Waals surface area contributed by atoms with Gasteiger partial charge in [0, 0.05) is 23.2 Å². The first-order valence-corrected chi connectivity index (χ1v) is 8.67. The van der Waals surface area contributed by atoms with Crippen molar-refractivity contribution in [3.63, 3.8) is 0 Å². The van der Waals surface area contributed by atoms with Gasteiger partial charge in [-0.05, 0) is 38.1 Å². The molecule has 0 fully saturated rings. The number of carbonyl (C=O) groups excluding carboxylic acids is 2. The highest BCUT2D eigenvalue weighted by molar-refractivity contribution is 6.14. The fourth-order valence-corrected chi connectivity index (χ4v) is 3.32. The van der Waals surface area contributed by atoms with Gasteiger partial charge in [0.05, 0.1) is 11.4 Å². The van der Waals surface area contributed by atoms with Gasteiger partial charge in [0.15, 0.2) is 6.61 Å². The number of aromatic nitrogens is 1. The molecular formula is C21H19N3O3. The lowest BCUT2D eigenvalue weighted by Crippen LogP contribution is -2.59. The van der Waals surface area contributed by atoms with Crippen LogP contribution in [-0.4, -0.2) is 28.9 Å². The van der Waals surface area contributed by atoms with E-state index >= 15 is 0 Å². The molecule has 2 aromatic carbocycles. The smallest absolute Gasteiger partial charge is 0.265 e. The van der Waals surface area contributed by atoms with Crippen LogP contribution in [0, 0.1) is 0 Å². The van der Waals surface area contributed by atoms with Crippen LogP contribution in [0.3, 0.4) is 0 Å². The molecule has 1 aliphatic heterocycles. The Morgan fingerprint density at radius 1 is 1.15 bits per heavy atom. The maximum Gasteiger partial charge on any atom is 0.265 e. The van der Waals surface area contributed by atoms with E-state index in [2.05, 4.69) is 10.3 Å². The summed E-state index contributed by atoms with van der Waals surface area (Å²) in [5, 5.41) is 4.67. The van der Waals surface area contributed by atoms with Crippen LogP contribution in [0.5, 0.6) is 5.75 Å². The van der Waals surface area contributed by atoms with Crippen LogP contribution in [0.15, 0.2) is 60.9 Å². The molecule has 136 valence electrons. The zero-order valence-corrected chi connectivity index (χ0v) is 15.1. The summed E-state index contributed by atoms with van der Waals surface area (Å²) in [4.78, 5) is 31.1. The highest BCUT2D eigenvalue weighted by Gasteiger charge is 2.43. The van der Waals surface area contributed by atoms with Gasteiger partial charge in [-0.3, -0.25) is 19.5 Å². The zero-order valence-electron chi connectivity index (χ0n) is 15.1. The Bertz CT molecular complexity index is 1040. The second-order valence-corrected chi connectivity index (χ2v) is 6.90. The molecule has 1 aliphatic rings. The van der Waals surface area contributed by atoms with E-state index < -0.39 is 5.54 Å². The third-order valence-corrected chi connectivity index (χ3v) is 4.75. The molecule has 0 unspecified atom stereocenters. The first kappa shape index (κ1) is 17.0. The average Bonchev–Trinajstić information content (AvgIpc) is 2.67. The number of amides is 2. The number of carbonyl (C=O) groups is 2. The molecule has 3 aromatic rings. The number of benzene rings is 2. The quantitative estimate of drug-likeness (QED) is 0.776. The van der Waals surface area contributed by atoms with Crippen LogP contribution in [0.1, 0.15) is 13.8 Å². The van der Waals surface area contributed by atoms with Gasteiger partial charge < -0.3 is 10.1 Å². The Hall–Kier alpha value is -3.41. The van der Waals surface area contributed by atoms with Gasteiger partial charge in [0.1, 0.15) is 11.3 Å². The molecule has 0 bridgehead atoms. The predicted molar refractivity (Wildman–Crippen MR) is 104 cm³/mol. The molecule has 0 saturated carbocycles. The van der Waals surface area contributed by atoms with Gasteiger partial charge in [-0.2, -0.15) is 0 Å². The fourth-order valence-electron chi connectivity index (χ4n) is 3.32. The van der Waals surface area contributed by atoms with Crippen molar-refractivity contribution in [3.8, 4) is 5.75 Å². The Labute approximate surface area is 156 Å². The monoisotopic (exact) mass is 361 g/mol. The highest BCUT2D eigenvalue weighted by Crippen LogP contribution is 2.36. The van der Waals surface area contributed by atoms with Crippen LogP contribution in [0.4, 0.5) is 11.4 Å². The molecular weight excluding hydrogens is 342 g/mol. The lowest BCUT2D eigenvalue weighted by atomic mass is 9.96. The van der Waals surface area contributed by atoms with Crippen LogP contribution >= 0.6 is 0 Å². The molecule has 1 N–H and O–H groups in total. The van der Waals surface area contributed by atoms with Crippen molar-refractivity contribution in [3.05, 3.63) is 60.9 Å². The number of anilines is 2. The zero-order chi connectivity index (χ0) is 19.0. The summed E-state index contributed by atoms with van der Waals surface area (Å²) < 4.78 is 5.83. The molecule has 6 heteroatoms. The second kappa shape index (κ2) is 6.39. The predicted octanol–water partition coefficient (Wildman–Crippen LogP) is 3.38. The van der Waals surface area contributed by atoms with E-state index in [1.165, 1.54) is 4.90 Å². The molecule has 2 amide bonds. The number of para-hydroxylation sites is 2. The van der Waals surface area contributed by atoms with E-state index in [1.54, 1.807) is 32.3 Å². The van der Waals surface area contributed by atoms with Crippen molar-refractivity contribution in [1.82, 2.24) is 4.98 Å². The third-order valence-electron chi connectivity index (χ3n) is 4.75. The standard InChI is InChI=1S/C21H19N3O3/c1-21(2)20(26)23-16-7-3-4-8-17(16)24(21)19(25)13-27-18-9-5-6-14-12-22-11-10-15(14)18/h3-12H,13H2,1-2H3,(H,23,26). The topological polar surface area (TPSA) is 71.5 Å². The third kappa shape index (κ3) is 2.89. The molecule has 0 spiro atoms. The first-order chi connectivity index (χ1) is 13.0. The maximum atomic E-state index is 13.0. The lowest BCUT2D eigenvalue weighted by Gasteiger charge is -2.41. The van der Waals surface area contributed by atoms with Crippen molar-refractivity contribution in [1.29, 1.82) is 0 Å². The largest absolute Gasteiger partial charge is 0.483 e. The normalized spacial score (nSPS) is 15.2. The Kier molecular flexibility index (Phi) is 4.03. The Morgan fingerprint density at radius 2 is 1.96 bits per heavy atom. The first-order valence-electron chi connectivity index (χ1n) is 8.67. The molecule has 27 heavy (non-hydrogen) atoms. The number of nitrogens with zero attached hydrogens (tertiary/aromatic N) is 2. The van der Waals surface area contributed by atoms with Crippen LogP contribution < -0.4 is 15.0 Å². The van der Waals surface area contributed by atoms with Gasteiger partial charge >= 0.3 is 0 Å². The molecule has 0 radical (unpaired) electrons. The minimum Gasteiger partial charge on any atom is -0.483 e. The summed E-state index contributed by atoms with van der Waals surface area (Å²) in [5.74, 6) is 0.0925.